The van der Waals surface area contributed by atoms with Crippen molar-refractivity contribution in [3.8, 4) is 0 Å². The summed E-state index contributed by atoms with van der Waals surface area (Å²) in [5.74, 6) is -0.287. The van der Waals surface area contributed by atoms with Crippen molar-refractivity contribution in [3.63, 3.8) is 0 Å². The summed E-state index contributed by atoms with van der Waals surface area (Å²) in [5, 5.41) is 2.86. The molecule has 3 heteroatoms. The zero-order valence-corrected chi connectivity index (χ0v) is 7.11. The van der Waals surface area contributed by atoms with Crippen LogP contribution in [0.4, 0.5) is 8.78 Å². The maximum atomic E-state index is 13.1. The lowest BCUT2D eigenvalue weighted by Crippen LogP contribution is -2.11. The maximum absolute atomic E-state index is 13.1. The van der Waals surface area contributed by atoms with Crippen LogP contribution in [0.5, 0.6) is 0 Å². The van der Waals surface area contributed by atoms with Crippen LogP contribution in [0, 0.1) is 0 Å². The van der Waals surface area contributed by atoms with Crippen molar-refractivity contribution < 1.29 is 8.78 Å². The van der Waals surface area contributed by atoms with Crippen LogP contribution in [0.3, 0.4) is 0 Å². The molecule has 1 aliphatic carbocycles. The van der Waals surface area contributed by atoms with Crippen molar-refractivity contribution in [2.45, 2.75) is 19.0 Å². The summed E-state index contributed by atoms with van der Waals surface area (Å²) in [7, 11) is 1.75. The molecule has 0 fully saturated rings. The highest BCUT2D eigenvalue weighted by Gasteiger charge is 2.11. The van der Waals surface area contributed by atoms with Gasteiger partial charge in [-0.1, -0.05) is 0 Å². The molecule has 1 rings (SSSR count). The number of hydrogen-bond acceptors (Lipinski definition) is 1. The number of nitrogens with one attached hydrogen (secondary N) is 1. The molecule has 0 spiro atoms. The van der Waals surface area contributed by atoms with Crippen molar-refractivity contribution in [2.75, 3.05) is 13.6 Å². The molecule has 0 saturated heterocycles. The Morgan fingerprint density at radius 1 is 1.67 bits per heavy atom. The van der Waals surface area contributed by atoms with Crippen molar-refractivity contribution in [2.24, 2.45) is 0 Å². The zero-order valence-electron chi connectivity index (χ0n) is 7.11. The van der Waals surface area contributed by atoms with Crippen LogP contribution in [0.2, 0.25) is 0 Å². The molecule has 0 amide bonds. The molecular formula is C9H13F2N. The third-order valence-electron chi connectivity index (χ3n) is 1.90. The monoisotopic (exact) mass is 173 g/mol. The maximum Gasteiger partial charge on any atom is 0.123 e. The summed E-state index contributed by atoms with van der Waals surface area (Å²) in [5.41, 5.74) is 0.661. The van der Waals surface area contributed by atoms with E-state index in [1.807, 2.05) is 0 Å². The second kappa shape index (κ2) is 4.36. The molecular weight excluding hydrogens is 160 g/mol. The third-order valence-corrected chi connectivity index (χ3v) is 1.90. The fraction of sp³-hybridized carbons (Fsp3) is 0.556. The molecule has 0 heterocycles. The molecule has 68 valence electrons. The van der Waals surface area contributed by atoms with Crippen molar-refractivity contribution in [3.05, 3.63) is 23.6 Å². The fourth-order valence-corrected chi connectivity index (χ4v) is 1.22. The van der Waals surface area contributed by atoms with Crippen LogP contribution in [0.1, 0.15) is 12.8 Å². The molecule has 0 aromatic heterocycles. The molecule has 1 unspecified atom stereocenters. The fourth-order valence-electron chi connectivity index (χ4n) is 1.22. The Bertz CT molecular complexity index is 209. The largest absolute Gasteiger partial charge is 0.316 e. The minimum Gasteiger partial charge on any atom is -0.316 e. The van der Waals surface area contributed by atoms with Crippen molar-refractivity contribution in [1.29, 1.82) is 0 Å². The molecule has 0 radical (unpaired) electrons. The van der Waals surface area contributed by atoms with Gasteiger partial charge in [0.2, 0.25) is 0 Å². The van der Waals surface area contributed by atoms with Gasteiger partial charge >= 0.3 is 0 Å². The van der Waals surface area contributed by atoms with Crippen LogP contribution < -0.4 is 5.32 Å². The van der Waals surface area contributed by atoms with Gasteiger partial charge in [-0.25, -0.2) is 8.78 Å². The first-order valence-corrected chi connectivity index (χ1v) is 4.08. The highest BCUT2D eigenvalue weighted by Crippen LogP contribution is 2.20. The van der Waals surface area contributed by atoms with E-state index in [9.17, 15) is 8.78 Å². The quantitative estimate of drug-likeness (QED) is 0.674. The van der Waals surface area contributed by atoms with E-state index >= 15 is 0 Å². The van der Waals surface area contributed by atoms with Gasteiger partial charge in [0, 0.05) is 6.54 Å². The Labute approximate surface area is 71.2 Å². The van der Waals surface area contributed by atoms with Gasteiger partial charge in [0.25, 0.3) is 0 Å². The molecule has 12 heavy (non-hydrogen) atoms. The lowest BCUT2D eigenvalue weighted by atomic mass is 10.1. The van der Waals surface area contributed by atoms with Crippen LogP contribution in [-0.4, -0.2) is 19.8 Å². The van der Waals surface area contributed by atoms with E-state index in [2.05, 4.69) is 5.32 Å². The van der Waals surface area contributed by atoms with Gasteiger partial charge in [0.15, 0.2) is 0 Å². The van der Waals surface area contributed by atoms with Crippen molar-refractivity contribution >= 4 is 0 Å². The summed E-state index contributed by atoms with van der Waals surface area (Å²) in [6, 6.07) is 0. The SMILES string of the molecule is CNCC1=C(F)C=CC(F)CC1. The van der Waals surface area contributed by atoms with Gasteiger partial charge in [0.05, 0.1) is 0 Å². The average Bonchev–Trinajstić information content (AvgIpc) is 2.20. The van der Waals surface area contributed by atoms with E-state index in [0.29, 0.717) is 25.0 Å². The number of hydrogen-bond donors (Lipinski definition) is 1. The smallest absolute Gasteiger partial charge is 0.123 e. The van der Waals surface area contributed by atoms with Gasteiger partial charge in [-0.05, 0) is 37.6 Å². The van der Waals surface area contributed by atoms with E-state index < -0.39 is 6.17 Å². The third kappa shape index (κ3) is 2.41. The van der Waals surface area contributed by atoms with E-state index in [0.717, 1.165) is 0 Å². The molecule has 0 aromatic rings. The minimum absolute atomic E-state index is 0.287. The molecule has 0 saturated carbocycles. The number of likely N-dealkylation sites (N-methyl/N-ethyl adjacent to an activating group) is 1. The number of allylic oxidation sites excluding steroid dienone is 3. The summed E-state index contributed by atoms with van der Waals surface area (Å²) in [6.45, 7) is 0.503. The van der Waals surface area contributed by atoms with E-state index in [4.69, 9.17) is 0 Å². The molecule has 0 bridgehead atoms. The second-order valence-electron chi connectivity index (χ2n) is 2.90. The Morgan fingerprint density at radius 2 is 2.42 bits per heavy atom. The van der Waals surface area contributed by atoms with Crippen LogP contribution in [0.15, 0.2) is 23.6 Å². The first kappa shape index (κ1) is 9.39. The first-order chi connectivity index (χ1) is 5.74. The average molecular weight is 173 g/mol. The summed E-state index contributed by atoms with van der Waals surface area (Å²) in [4.78, 5) is 0. The Hall–Kier alpha value is -0.700. The first-order valence-electron chi connectivity index (χ1n) is 4.08. The van der Waals surface area contributed by atoms with Gasteiger partial charge in [0.1, 0.15) is 12.0 Å². The molecule has 1 nitrogen and oxygen atoms in total. The van der Waals surface area contributed by atoms with E-state index in [1.54, 1.807) is 7.05 Å². The topological polar surface area (TPSA) is 12.0 Å². The Morgan fingerprint density at radius 3 is 3.08 bits per heavy atom. The van der Waals surface area contributed by atoms with Crippen LogP contribution in [-0.2, 0) is 0 Å². The number of alkyl halides is 1. The predicted octanol–water partition coefficient (Wildman–Crippen LogP) is 2.12. The predicted molar refractivity (Wildman–Crippen MR) is 45.3 cm³/mol. The summed E-state index contributed by atoms with van der Waals surface area (Å²) >= 11 is 0. The lowest BCUT2D eigenvalue weighted by Gasteiger charge is -2.04. The highest BCUT2D eigenvalue weighted by atomic mass is 19.1. The normalized spacial score (nSPS) is 24.4. The number of rotatable bonds is 2. The van der Waals surface area contributed by atoms with E-state index in [-0.39, 0.29) is 5.83 Å². The van der Waals surface area contributed by atoms with Gasteiger partial charge in [-0.15, -0.1) is 0 Å². The molecule has 0 aliphatic heterocycles. The molecule has 1 aliphatic rings. The highest BCUT2D eigenvalue weighted by molar-refractivity contribution is 5.24. The summed E-state index contributed by atoms with van der Waals surface area (Å²) < 4.78 is 25.8. The molecule has 1 N–H and O–H groups in total. The second-order valence-corrected chi connectivity index (χ2v) is 2.90. The van der Waals surface area contributed by atoms with Gasteiger partial charge < -0.3 is 5.32 Å². The zero-order chi connectivity index (χ0) is 8.97. The van der Waals surface area contributed by atoms with Gasteiger partial charge in [-0.3, -0.25) is 0 Å². The van der Waals surface area contributed by atoms with Gasteiger partial charge in [-0.2, -0.15) is 0 Å². The number of halogens is 2. The Balaban J connectivity index is 2.66. The summed E-state index contributed by atoms with van der Waals surface area (Å²) in [6.07, 6.45) is 2.40. The minimum atomic E-state index is -0.995. The lowest BCUT2D eigenvalue weighted by molar-refractivity contribution is 0.379. The standard InChI is InChI=1S/C9H13F2N/c1-12-6-7-2-3-8(10)4-5-9(7)11/h4-5,8,12H,2-3,6H2,1H3. The van der Waals surface area contributed by atoms with E-state index in [1.165, 1.54) is 12.2 Å². The van der Waals surface area contributed by atoms with Crippen molar-refractivity contribution in [1.82, 2.24) is 5.32 Å². The van der Waals surface area contributed by atoms with Crippen LogP contribution in [0.25, 0.3) is 0 Å². The Kier molecular flexibility index (Phi) is 3.41. The molecule has 0 aromatic carbocycles. The molecule has 1 atom stereocenters. The van der Waals surface area contributed by atoms with Crippen LogP contribution >= 0.6 is 0 Å².